The van der Waals surface area contributed by atoms with Crippen LogP contribution >= 0.6 is 0 Å². The first-order valence-electron chi connectivity index (χ1n) is 5.50. The Balaban J connectivity index is 1.95. The molecule has 0 spiro atoms. The van der Waals surface area contributed by atoms with Crippen LogP contribution in [0.4, 0.5) is 4.79 Å². The lowest BCUT2D eigenvalue weighted by atomic mass is 9.82. The number of carboxylic acids is 1. The molecular formula is C11H13NO4. The molecule has 3 aliphatic rings. The van der Waals surface area contributed by atoms with Crippen LogP contribution in [0.1, 0.15) is 6.42 Å². The summed E-state index contributed by atoms with van der Waals surface area (Å²) in [5, 5.41) is 18.2. The molecule has 2 fully saturated rings. The molecule has 0 aromatic rings. The van der Waals surface area contributed by atoms with Gasteiger partial charge in [-0.15, -0.1) is 0 Å². The fourth-order valence-electron chi connectivity index (χ4n) is 3.73. The number of nitrogens with zero attached hydrogens (tertiary/aromatic N) is 1. The van der Waals surface area contributed by atoms with Gasteiger partial charge in [0, 0.05) is 12.5 Å². The normalized spacial score (nSPS) is 43.8. The lowest BCUT2D eigenvalue weighted by Gasteiger charge is -2.24. The third-order valence-electron chi connectivity index (χ3n) is 4.30. The first-order valence-corrected chi connectivity index (χ1v) is 5.50. The smallest absolute Gasteiger partial charge is 0.408 e. The van der Waals surface area contributed by atoms with E-state index in [0.717, 1.165) is 11.3 Å². The maximum Gasteiger partial charge on any atom is 0.408 e. The first-order chi connectivity index (χ1) is 7.59. The topological polar surface area (TPSA) is 77.8 Å². The molecule has 16 heavy (non-hydrogen) atoms. The van der Waals surface area contributed by atoms with Crippen molar-refractivity contribution in [3.05, 3.63) is 12.2 Å². The summed E-state index contributed by atoms with van der Waals surface area (Å²) in [5.74, 6) is -0.145. The van der Waals surface area contributed by atoms with E-state index in [9.17, 15) is 14.7 Å². The quantitative estimate of drug-likeness (QED) is 0.646. The minimum absolute atomic E-state index is 0.0106. The highest BCUT2D eigenvalue weighted by molar-refractivity contribution is 5.81. The number of aliphatic carboxylic acids is 1. The molecule has 0 aromatic heterocycles. The standard InChI is InChI=1S/C11H13NO4/c13-10(14)9-8-6-2-1-5(3-6)7(8)4-12(9)11(15)16/h1-2,5-9H,3-4H2,(H,13,14)(H,15,16). The van der Waals surface area contributed by atoms with Crippen LogP contribution in [0, 0.1) is 23.7 Å². The number of carboxylic acid groups (broad SMARTS) is 2. The van der Waals surface area contributed by atoms with E-state index in [-0.39, 0.29) is 17.8 Å². The molecule has 1 saturated carbocycles. The molecule has 5 nitrogen and oxygen atoms in total. The second-order valence-electron chi connectivity index (χ2n) is 4.91. The Morgan fingerprint density at radius 3 is 2.50 bits per heavy atom. The molecule has 2 aliphatic carbocycles. The molecule has 3 rings (SSSR count). The summed E-state index contributed by atoms with van der Waals surface area (Å²) >= 11 is 0. The molecule has 1 heterocycles. The van der Waals surface area contributed by atoms with Crippen LogP contribution in [0.2, 0.25) is 0 Å². The lowest BCUT2D eigenvalue weighted by molar-refractivity contribution is -0.143. The molecular weight excluding hydrogens is 210 g/mol. The molecule has 1 saturated heterocycles. The zero-order valence-corrected chi connectivity index (χ0v) is 8.61. The van der Waals surface area contributed by atoms with Crippen LogP contribution < -0.4 is 0 Å². The third-order valence-corrected chi connectivity index (χ3v) is 4.30. The number of amides is 1. The maximum atomic E-state index is 11.2. The predicted octanol–water partition coefficient (Wildman–Crippen LogP) is 0.871. The van der Waals surface area contributed by atoms with Crippen molar-refractivity contribution in [2.75, 3.05) is 6.54 Å². The van der Waals surface area contributed by atoms with Crippen LogP contribution in [0.3, 0.4) is 0 Å². The van der Waals surface area contributed by atoms with E-state index in [1.165, 1.54) is 0 Å². The zero-order chi connectivity index (χ0) is 11.4. The van der Waals surface area contributed by atoms with Crippen LogP contribution in [0.15, 0.2) is 12.2 Å². The fourth-order valence-corrected chi connectivity index (χ4v) is 3.73. The van der Waals surface area contributed by atoms with Gasteiger partial charge >= 0.3 is 12.1 Å². The summed E-state index contributed by atoms with van der Waals surface area (Å²) in [5.41, 5.74) is 0. The summed E-state index contributed by atoms with van der Waals surface area (Å²) in [6.45, 7) is 0.377. The SMILES string of the molecule is O=C(O)C1C2C3C=CC(C3)C2CN1C(=O)O. The average Bonchev–Trinajstić information content (AvgIpc) is 2.87. The summed E-state index contributed by atoms with van der Waals surface area (Å²) in [6, 6.07) is -0.845. The van der Waals surface area contributed by atoms with Gasteiger partial charge < -0.3 is 10.2 Å². The van der Waals surface area contributed by atoms with Crippen molar-refractivity contribution in [1.82, 2.24) is 4.90 Å². The highest BCUT2D eigenvalue weighted by Gasteiger charge is 2.58. The number of carbonyl (C=O) groups is 2. The van der Waals surface area contributed by atoms with Gasteiger partial charge in [0.2, 0.25) is 0 Å². The van der Waals surface area contributed by atoms with Crippen LogP contribution in [-0.4, -0.2) is 39.8 Å². The Kier molecular flexibility index (Phi) is 1.81. The molecule has 5 atom stereocenters. The number of rotatable bonds is 1. The van der Waals surface area contributed by atoms with Crippen molar-refractivity contribution < 1.29 is 19.8 Å². The van der Waals surface area contributed by atoms with Crippen LogP contribution in [-0.2, 0) is 4.79 Å². The van der Waals surface area contributed by atoms with Crippen molar-refractivity contribution in [2.24, 2.45) is 23.7 Å². The molecule has 86 valence electrons. The Morgan fingerprint density at radius 1 is 1.19 bits per heavy atom. The van der Waals surface area contributed by atoms with Crippen molar-refractivity contribution in [2.45, 2.75) is 12.5 Å². The fraction of sp³-hybridized carbons (Fsp3) is 0.636. The summed E-state index contributed by atoms with van der Waals surface area (Å²) < 4.78 is 0. The predicted molar refractivity (Wildman–Crippen MR) is 53.9 cm³/mol. The number of allylic oxidation sites excluding steroid dienone is 2. The van der Waals surface area contributed by atoms with E-state index in [1.54, 1.807) is 0 Å². The molecule has 5 unspecified atom stereocenters. The van der Waals surface area contributed by atoms with Crippen LogP contribution in [0.5, 0.6) is 0 Å². The van der Waals surface area contributed by atoms with Gasteiger partial charge in [-0.3, -0.25) is 4.90 Å². The average molecular weight is 223 g/mol. The van der Waals surface area contributed by atoms with E-state index in [2.05, 4.69) is 12.2 Å². The maximum absolute atomic E-state index is 11.2. The van der Waals surface area contributed by atoms with Crippen molar-refractivity contribution in [1.29, 1.82) is 0 Å². The van der Waals surface area contributed by atoms with E-state index < -0.39 is 18.1 Å². The molecule has 5 heteroatoms. The lowest BCUT2D eigenvalue weighted by Crippen LogP contribution is -2.43. The van der Waals surface area contributed by atoms with Gasteiger partial charge in [-0.2, -0.15) is 0 Å². The Hall–Kier alpha value is -1.52. The number of likely N-dealkylation sites (tertiary alicyclic amines) is 1. The van der Waals surface area contributed by atoms with Gasteiger partial charge in [-0.25, -0.2) is 9.59 Å². The zero-order valence-electron chi connectivity index (χ0n) is 8.61. The number of fused-ring (bicyclic) bond motifs is 5. The molecule has 1 aliphatic heterocycles. The minimum Gasteiger partial charge on any atom is -0.480 e. The third kappa shape index (κ3) is 1.06. The molecule has 1 amide bonds. The first kappa shape index (κ1) is 9.69. The van der Waals surface area contributed by atoms with Gasteiger partial charge in [0.25, 0.3) is 0 Å². The second-order valence-corrected chi connectivity index (χ2v) is 4.91. The Labute approximate surface area is 92.4 Å². The van der Waals surface area contributed by atoms with Crippen molar-refractivity contribution in [3.8, 4) is 0 Å². The van der Waals surface area contributed by atoms with Gasteiger partial charge in [-0.05, 0) is 24.2 Å². The highest BCUT2D eigenvalue weighted by Crippen LogP contribution is 2.53. The molecule has 0 aromatic carbocycles. The highest BCUT2D eigenvalue weighted by atomic mass is 16.4. The van der Waals surface area contributed by atoms with E-state index in [0.29, 0.717) is 12.5 Å². The Morgan fingerprint density at radius 2 is 1.88 bits per heavy atom. The van der Waals surface area contributed by atoms with Gasteiger partial charge in [0.1, 0.15) is 6.04 Å². The van der Waals surface area contributed by atoms with Gasteiger partial charge in [-0.1, -0.05) is 12.2 Å². The molecule has 2 N–H and O–H groups in total. The van der Waals surface area contributed by atoms with Crippen molar-refractivity contribution in [3.63, 3.8) is 0 Å². The molecule has 2 bridgehead atoms. The summed E-state index contributed by atoms with van der Waals surface area (Å²) in [6.07, 6.45) is 4.08. The second kappa shape index (κ2) is 2.99. The van der Waals surface area contributed by atoms with Crippen molar-refractivity contribution >= 4 is 12.1 Å². The largest absolute Gasteiger partial charge is 0.480 e. The molecule has 0 radical (unpaired) electrons. The number of hydrogen-bond acceptors (Lipinski definition) is 2. The van der Waals surface area contributed by atoms with Gasteiger partial charge in [0.05, 0.1) is 0 Å². The van der Waals surface area contributed by atoms with E-state index in [4.69, 9.17) is 5.11 Å². The van der Waals surface area contributed by atoms with Crippen LogP contribution in [0.25, 0.3) is 0 Å². The summed E-state index contributed by atoms with van der Waals surface area (Å²) in [4.78, 5) is 23.3. The monoisotopic (exact) mass is 223 g/mol. The van der Waals surface area contributed by atoms with E-state index in [1.807, 2.05) is 0 Å². The summed E-state index contributed by atoms with van der Waals surface area (Å²) in [7, 11) is 0. The number of hydrogen-bond donors (Lipinski definition) is 2. The van der Waals surface area contributed by atoms with E-state index >= 15 is 0 Å². The van der Waals surface area contributed by atoms with Gasteiger partial charge in [0.15, 0.2) is 0 Å². The minimum atomic E-state index is -1.11. The Bertz CT molecular complexity index is 391.